The van der Waals surface area contributed by atoms with Crippen molar-refractivity contribution in [1.29, 1.82) is 0 Å². The molecule has 0 aliphatic carbocycles. The van der Waals surface area contributed by atoms with Crippen molar-refractivity contribution in [3.8, 4) is 0 Å². The Morgan fingerprint density at radius 3 is 1.78 bits per heavy atom. The molecule has 4 atom stereocenters. The van der Waals surface area contributed by atoms with Gasteiger partial charge in [0.2, 0.25) is 0 Å². The molecule has 0 aliphatic rings. The van der Waals surface area contributed by atoms with Crippen LogP contribution in [-0.4, -0.2) is 91.4 Å². The van der Waals surface area contributed by atoms with E-state index in [1.807, 2.05) is 69.8 Å². The second kappa shape index (κ2) is 39.3. The van der Waals surface area contributed by atoms with E-state index in [0.29, 0.717) is 36.7 Å². The number of hydrogen-bond donors (Lipinski definition) is 3. The molecule has 0 bridgehead atoms. The van der Waals surface area contributed by atoms with Gasteiger partial charge in [0.25, 0.3) is 0 Å². The van der Waals surface area contributed by atoms with Crippen molar-refractivity contribution < 1.29 is 47.5 Å². The minimum absolute atomic E-state index is 0.0253. The van der Waals surface area contributed by atoms with Crippen molar-refractivity contribution in [2.45, 2.75) is 154 Å². The Labute approximate surface area is 359 Å². The lowest BCUT2D eigenvalue weighted by Crippen LogP contribution is -2.37. The first-order valence-electron chi connectivity index (χ1n) is 22.2. The summed E-state index contributed by atoms with van der Waals surface area (Å²) in [6, 6.07) is 0. The van der Waals surface area contributed by atoms with Crippen LogP contribution in [0, 0.1) is 0 Å². The summed E-state index contributed by atoms with van der Waals surface area (Å²) < 4.78 is 34.5. The number of hydrogen-bond acceptors (Lipinski definition) is 8. The second-order valence-corrected chi connectivity index (χ2v) is 17.3. The Kier molecular flexibility index (Phi) is 37.4. The first-order chi connectivity index (χ1) is 28.4. The number of allylic oxidation sites excluding steroid dienone is 11. The van der Waals surface area contributed by atoms with E-state index in [2.05, 4.69) is 26.0 Å². The molecule has 338 valence electrons. The maximum atomic E-state index is 12.7. The predicted molar refractivity (Wildman–Crippen MR) is 245 cm³/mol. The molecule has 0 aliphatic heterocycles. The normalized spacial score (nSPS) is 15.7. The molecule has 3 N–H and O–H groups in total. The van der Waals surface area contributed by atoms with Crippen molar-refractivity contribution in [3.05, 3.63) is 97.4 Å². The van der Waals surface area contributed by atoms with Gasteiger partial charge in [0.15, 0.2) is 6.10 Å². The minimum Gasteiger partial charge on any atom is -0.498 e. The van der Waals surface area contributed by atoms with E-state index < -0.39 is 32.1 Å². The van der Waals surface area contributed by atoms with Gasteiger partial charge < -0.3 is 29.1 Å². The average molecular weight is 849 g/mol. The summed E-state index contributed by atoms with van der Waals surface area (Å²) >= 11 is 0. The fourth-order valence-electron chi connectivity index (χ4n) is 5.36. The number of quaternary nitrogens is 1. The van der Waals surface area contributed by atoms with E-state index in [1.165, 1.54) is 57.8 Å². The highest BCUT2D eigenvalue weighted by Gasteiger charge is 2.26. The number of phosphoric acid groups is 1. The highest BCUT2D eigenvalue weighted by Crippen LogP contribution is 2.43. The fraction of sp³-hybridized carbons (Fsp3) is 0.646. The van der Waals surface area contributed by atoms with Crippen molar-refractivity contribution in [1.82, 2.24) is 0 Å². The number of likely N-dealkylation sites (N-methyl/N-ethyl adjacent to an activating group) is 1. The third-order valence-corrected chi connectivity index (χ3v) is 9.86. The topological polar surface area (TPSA) is 132 Å². The van der Waals surface area contributed by atoms with E-state index in [-0.39, 0.29) is 26.2 Å². The van der Waals surface area contributed by atoms with Gasteiger partial charge in [0.1, 0.15) is 19.8 Å². The SMILES string of the molecule is CC/C=C\C[C@H](O)/C=C/C=C\C=C\[C@H](O)C/C=C\C/C=C\CCC(=O)O[C@H](CO/C=C/CCCCCC/C=C\CCCCCCCC)COP(=O)(O)OCC[N+](C)(C)C. The number of aliphatic hydroxyl groups excluding tert-OH is 2. The molecule has 0 heterocycles. The van der Waals surface area contributed by atoms with Gasteiger partial charge in [-0.25, -0.2) is 4.57 Å². The first kappa shape index (κ1) is 56.2. The second-order valence-electron chi connectivity index (χ2n) is 15.8. The maximum absolute atomic E-state index is 12.7. The summed E-state index contributed by atoms with van der Waals surface area (Å²) in [6.45, 7) is 4.49. The van der Waals surface area contributed by atoms with Crippen LogP contribution in [0.25, 0.3) is 0 Å². The van der Waals surface area contributed by atoms with Crippen LogP contribution in [0.5, 0.6) is 0 Å². The minimum atomic E-state index is -4.35. The summed E-state index contributed by atoms with van der Waals surface area (Å²) in [4.78, 5) is 22.8. The fourth-order valence-corrected chi connectivity index (χ4v) is 6.10. The number of nitrogens with zero attached hydrogens (tertiary/aromatic N) is 1. The molecule has 0 spiro atoms. The van der Waals surface area contributed by atoms with Crippen LogP contribution >= 0.6 is 7.82 Å². The zero-order valence-electron chi connectivity index (χ0n) is 37.4. The van der Waals surface area contributed by atoms with E-state index in [4.69, 9.17) is 18.5 Å². The molecule has 0 saturated carbocycles. The first-order valence-corrected chi connectivity index (χ1v) is 23.7. The van der Waals surface area contributed by atoms with E-state index in [1.54, 1.807) is 36.6 Å². The monoisotopic (exact) mass is 849 g/mol. The Morgan fingerprint density at radius 2 is 1.19 bits per heavy atom. The van der Waals surface area contributed by atoms with Crippen LogP contribution in [0.15, 0.2) is 97.4 Å². The van der Waals surface area contributed by atoms with Crippen LogP contribution < -0.4 is 0 Å². The van der Waals surface area contributed by atoms with Crippen molar-refractivity contribution >= 4 is 13.8 Å². The van der Waals surface area contributed by atoms with E-state index in [9.17, 15) is 24.5 Å². The zero-order valence-corrected chi connectivity index (χ0v) is 38.3. The van der Waals surface area contributed by atoms with E-state index >= 15 is 0 Å². The number of carbonyl (C=O) groups excluding carboxylic acids is 1. The molecule has 0 aromatic heterocycles. The van der Waals surface area contributed by atoms with Crippen LogP contribution in [-0.2, 0) is 27.9 Å². The molecule has 0 rings (SSSR count). The maximum Gasteiger partial charge on any atom is 0.472 e. The summed E-state index contributed by atoms with van der Waals surface area (Å²) in [7, 11) is 1.50. The molecular formula is C48H83NO9P+. The summed E-state index contributed by atoms with van der Waals surface area (Å²) in [6.07, 6.45) is 47.6. The Hall–Kier alpha value is -2.82. The number of rotatable bonds is 39. The molecule has 11 heteroatoms. The smallest absolute Gasteiger partial charge is 0.472 e. The predicted octanol–water partition coefficient (Wildman–Crippen LogP) is 11.3. The Morgan fingerprint density at radius 1 is 0.644 bits per heavy atom. The lowest BCUT2D eigenvalue weighted by atomic mass is 10.1. The molecule has 1 unspecified atom stereocenters. The largest absolute Gasteiger partial charge is 0.498 e. The van der Waals surface area contributed by atoms with Crippen LogP contribution in [0.4, 0.5) is 0 Å². The molecule has 0 radical (unpaired) electrons. The Bertz CT molecular complexity index is 1300. The van der Waals surface area contributed by atoms with Gasteiger partial charge >= 0.3 is 13.8 Å². The molecule has 59 heavy (non-hydrogen) atoms. The summed E-state index contributed by atoms with van der Waals surface area (Å²) in [5.41, 5.74) is 0. The van der Waals surface area contributed by atoms with Gasteiger partial charge in [-0.15, -0.1) is 0 Å². The molecular weight excluding hydrogens is 766 g/mol. The third-order valence-electron chi connectivity index (χ3n) is 8.87. The molecule has 0 fully saturated rings. The van der Waals surface area contributed by atoms with Gasteiger partial charge in [-0.1, -0.05) is 144 Å². The zero-order chi connectivity index (χ0) is 43.7. The number of ether oxygens (including phenoxy) is 2. The van der Waals surface area contributed by atoms with Gasteiger partial charge in [-0.05, 0) is 76.7 Å². The molecule has 0 saturated heterocycles. The van der Waals surface area contributed by atoms with Gasteiger partial charge in [0.05, 0.1) is 46.2 Å². The highest BCUT2D eigenvalue weighted by molar-refractivity contribution is 7.47. The summed E-state index contributed by atoms with van der Waals surface area (Å²) in [5, 5.41) is 20.0. The van der Waals surface area contributed by atoms with Crippen LogP contribution in [0.3, 0.4) is 0 Å². The lowest BCUT2D eigenvalue weighted by Gasteiger charge is -2.24. The lowest BCUT2D eigenvalue weighted by molar-refractivity contribution is -0.870. The molecule has 10 nitrogen and oxygen atoms in total. The number of esters is 1. The van der Waals surface area contributed by atoms with Gasteiger partial charge in [-0.2, -0.15) is 0 Å². The quantitative estimate of drug-likeness (QED) is 0.0105. The van der Waals surface area contributed by atoms with E-state index in [0.717, 1.165) is 32.1 Å². The molecule has 0 amide bonds. The van der Waals surface area contributed by atoms with Crippen LogP contribution in [0.1, 0.15) is 136 Å². The number of carbonyl (C=O) groups is 1. The van der Waals surface area contributed by atoms with Crippen molar-refractivity contribution in [3.63, 3.8) is 0 Å². The standard InChI is InChI=1S/C48H82NO9P/c1-6-8-10-11-12-13-14-15-16-17-18-19-20-23-28-34-41-55-43-47(44-57-59(53,54)56-42-40-49(3,4)5)58-48(52)39-33-25-22-21-24-30-36-46(51)38-32-27-26-31-37-45(50)35-29-9-7-2/h9,15-16,22,24-27,29-32,34,37-38,41,45-47,50-51H,6-8,10-14,17-21,23,28,33,35-36,39-40,42-44H2,1-5H3/p+1/b16-15-,25-22-,27-26-,29-9-,30-24-,37-31+,38-32+,41-34+/t45-,46+,47+/m0/s1. The summed E-state index contributed by atoms with van der Waals surface area (Å²) in [5.74, 6) is -0.470. The van der Waals surface area contributed by atoms with Crippen molar-refractivity contribution in [2.75, 3.05) is 47.5 Å². The average Bonchev–Trinajstić information content (AvgIpc) is 3.18. The number of phosphoric ester groups is 1. The highest BCUT2D eigenvalue weighted by atomic mass is 31.2. The van der Waals surface area contributed by atoms with Gasteiger partial charge in [0, 0.05) is 6.42 Å². The third kappa shape index (κ3) is 43.1. The van der Waals surface area contributed by atoms with Crippen LogP contribution in [0.2, 0.25) is 0 Å². The van der Waals surface area contributed by atoms with Crippen molar-refractivity contribution in [2.24, 2.45) is 0 Å². The number of unbranched alkanes of at least 4 members (excludes halogenated alkanes) is 11. The van der Waals surface area contributed by atoms with Gasteiger partial charge in [-0.3, -0.25) is 13.8 Å². The Balaban J connectivity index is 4.58. The molecule has 0 aromatic carbocycles. The molecule has 0 aromatic rings. The number of aliphatic hydroxyl groups is 2.